The number of carbonyl (C=O) groups is 2. The normalized spacial score (nSPS) is 25.0. The fourth-order valence-electron chi connectivity index (χ4n) is 4.26. The van der Waals surface area contributed by atoms with Gasteiger partial charge in [0.05, 0.1) is 0 Å². The van der Waals surface area contributed by atoms with E-state index in [2.05, 4.69) is 25.8 Å². The number of hydrogen-bond donors (Lipinski definition) is 3. The van der Waals surface area contributed by atoms with E-state index in [4.69, 9.17) is 0 Å². The largest absolute Gasteiger partial charge is 0.355 e. The quantitative estimate of drug-likeness (QED) is 0.540. The standard InChI is InChI=1S/C21H29N5O2/c1-22-20(26-9-3-8-21(14-26)11-18(27)24-13-21)23-12-15-4-2-5-16(10-15)19(28)25-17-6-7-17/h2,4-5,10,17H,3,6-9,11-14H2,1H3,(H,22,23)(H,24,27)(H,25,28). The lowest BCUT2D eigenvalue weighted by Gasteiger charge is -2.40. The van der Waals surface area contributed by atoms with Crippen LogP contribution in [-0.4, -0.2) is 55.4 Å². The minimum atomic E-state index is 0.00473. The molecule has 1 aromatic rings. The van der Waals surface area contributed by atoms with Gasteiger partial charge in [0.1, 0.15) is 0 Å². The molecule has 7 heteroatoms. The Morgan fingerprint density at radius 2 is 2.25 bits per heavy atom. The van der Waals surface area contributed by atoms with E-state index in [1.807, 2.05) is 24.3 Å². The Hall–Kier alpha value is -2.57. The summed E-state index contributed by atoms with van der Waals surface area (Å²) in [6.45, 7) is 3.16. The molecule has 2 aliphatic heterocycles. The summed E-state index contributed by atoms with van der Waals surface area (Å²) in [5.74, 6) is 1.02. The molecule has 1 aliphatic carbocycles. The molecule has 3 aliphatic rings. The number of piperidine rings is 1. The molecule has 1 aromatic carbocycles. The summed E-state index contributed by atoms with van der Waals surface area (Å²) >= 11 is 0. The third-order valence-electron chi connectivity index (χ3n) is 5.92. The van der Waals surface area contributed by atoms with Crippen molar-refractivity contribution >= 4 is 17.8 Å². The van der Waals surface area contributed by atoms with Crippen LogP contribution in [-0.2, 0) is 11.3 Å². The van der Waals surface area contributed by atoms with Crippen molar-refractivity contribution in [2.45, 2.75) is 44.7 Å². The van der Waals surface area contributed by atoms with Crippen LogP contribution in [0.1, 0.15) is 48.0 Å². The molecule has 2 saturated heterocycles. The van der Waals surface area contributed by atoms with Gasteiger partial charge < -0.3 is 20.9 Å². The smallest absolute Gasteiger partial charge is 0.251 e. The Balaban J connectivity index is 1.36. The highest BCUT2D eigenvalue weighted by molar-refractivity contribution is 5.94. The summed E-state index contributed by atoms with van der Waals surface area (Å²) in [4.78, 5) is 30.7. The molecule has 0 aromatic heterocycles. The van der Waals surface area contributed by atoms with E-state index < -0.39 is 0 Å². The zero-order chi connectivity index (χ0) is 19.6. The molecule has 150 valence electrons. The molecule has 4 rings (SSSR count). The van der Waals surface area contributed by atoms with E-state index in [1.54, 1.807) is 7.05 Å². The molecule has 1 unspecified atom stereocenters. The van der Waals surface area contributed by atoms with Gasteiger partial charge in [-0.2, -0.15) is 0 Å². The summed E-state index contributed by atoms with van der Waals surface area (Å²) in [6, 6.07) is 8.10. The monoisotopic (exact) mass is 383 g/mol. The number of nitrogens with zero attached hydrogens (tertiary/aromatic N) is 2. The molecule has 1 saturated carbocycles. The zero-order valence-electron chi connectivity index (χ0n) is 16.5. The Morgan fingerprint density at radius 1 is 1.39 bits per heavy atom. The van der Waals surface area contributed by atoms with Crippen LogP contribution in [0.4, 0.5) is 0 Å². The van der Waals surface area contributed by atoms with Gasteiger partial charge >= 0.3 is 0 Å². The van der Waals surface area contributed by atoms with E-state index in [0.29, 0.717) is 24.6 Å². The van der Waals surface area contributed by atoms with Crippen molar-refractivity contribution in [3.05, 3.63) is 35.4 Å². The van der Waals surface area contributed by atoms with Crippen LogP contribution >= 0.6 is 0 Å². The van der Waals surface area contributed by atoms with Gasteiger partial charge in [-0.3, -0.25) is 14.6 Å². The van der Waals surface area contributed by atoms with Gasteiger partial charge in [-0.05, 0) is 43.4 Å². The second-order valence-electron chi connectivity index (χ2n) is 8.33. The molecule has 2 amide bonds. The molecule has 1 atom stereocenters. The van der Waals surface area contributed by atoms with Gasteiger partial charge in [0.15, 0.2) is 5.96 Å². The van der Waals surface area contributed by atoms with Crippen molar-refractivity contribution in [2.75, 3.05) is 26.7 Å². The molecule has 7 nitrogen and oxygen atoms in total. The van der Waals surface area contributed by atoms with Crippen LogP contribution in [0.25, 0.3) is 0 Å². The van der Waals surface area contributed by atoms with Crippen molar-refractivity contribution < 1.29 is 9.59 Å². The molecule has 2 heterocycles. The number of amides is 2. The van der Waals surface area contributed by atoms with E-state index in [-0.39, 0.29) is 17.2 Å². The lowest BCUT2D eigenvalue weighted by Crippen LogP contribution is -2.51. The summed E-state index contributed by atoms with van der Waals surface area (Å²) < 4.78 is 0. The number of rotatable bonds is 4. The van der Waals surface area contributed by atoms with Crippen LogP contribution in [0.15, 0.2) is 29.3 Å². The molecule has 28 heavy (non-hydrogen) atoms. The molecule has 0 radical (unpaired) electrons. The number of aliphatic imine (C=N–C) groups is 1. The summed E-state index contributed by atoms with van der Waals surface area (Å²) in [7, 11) is 1.79. The lowest BCUT2D eigenvalue weighted by molar-refractivity contribution is -0.119. The van der Waals surface area contributed by atoms with Crippen molar-refractivity contribution in [3.63, 3.8) is 0 Å². The maximum Gasteiger partial charge on any atom is 0.251 e. The van der Waals surface area contributed by atoms with Crippen molar-refractivity contribution in [1.29, 1.82) is 0 Å². The van der Waals surface area contributed by atoms with E-state index in [1.165, 1.54) is 0 Å². The highest BCUT2D eigenvalue weighted by Crippen LogP contribution is 2.36. The summed E-state index contributed by atoms with van der Waals surface area (Å²) in [6.07, 6.45) is 4.92. The summed E-state index contributed by atoms with van der Waals surface area (Å²) in [5, 5.41) is 9.45. The van der Waals surface area contributed by atoms with E-state index >= 15 is 0 Å². The minimum Gasteiger partial charge on any atom is -0.355 e. The number of hydrogen-bond acceptors (Lipinski definition) is 3. The van der Waals surface area contributed by atoms with Crippen LogP contribution in [0.3, 0.4) is 0 Å². The summed E-state index contributed by atoms with van der Waals surface area (Å²) in [5.41, 5.74) is 1.79. The Bertz CT molecular complexity index is 789. The average molecular weight is 383 g/mol. The molecular weight excluding hydrogens is 354 g/mol. The van der Waals surface area contributed by atoms with Crippen LogP contribution < -0.4 is 16.0 Å². The third kappa shape index (κ3) is 4.29. The van der Waals surface area contributed by atoms with E-state index in [0.717, 1.165) is 56.8 Å². The Morgan fingerprint density at radius 3 is 2.96 bits per heavy atom. The number of carbonyl (C=O) groups excluding carboxylic acids is 2. The van der Waals surface area contributed by atoms with Gasteiger partial charge in [0.25, 0.3) is 5.91 Å². The first-order chi connectivity index (χ1) is 13.6. The van der Waals surface area contributed by atoms with Crippen molar-refractivity contribution in [1.82, 2.24) is 20.9 Å². The van der Waals surface area contributed by atoms with Crippen LogP contribution in [0.5, 0.6) is 0 Å². The molecule has 1 spiro atoms. The predicted octanol–water partition coefficient (Wildman–Crippen LogP) is 1.26. The Labute approximate surface area is 166 Å². The second kappa shape index (κ2) is 7.81. The van der Waals surface area contributed by atoms with Gasteiger partial charge in [0.2, 0.25) is 5.91 Å². The van der Waals surface area contributed by atoms with Crippen molar-refractivity contribution in [3.8, 4) is 0 Å². The number of likely N-dealkylation sites (tertiary alicyclic amines) is 1. The van der Waals surface area contributed by atoms with Gasteiger partial charge in [-0.25, -0.2) is 0 Å². The maximum atomic E-state index is 12.3. The lowest BCUT2D eigenvalue weighted by atomic mass is 9.79. The average Bonchev–Trinajstić information content (AvgIpc) is 3.45. The highest BCUT2D eigenvalue weighted by atomic mass is 16.2. The van der Waals surface area contributed by atoms with Gasteiger partial charge in [0, 0.05) is 56.7 Å². The predicted molar refractivity (Wildman–Crippen MR) is 108 cm³/mol. The fourth-order valence-corrected chi connectivity index (χ4v) is 4.26. The van der Waals surface area contributed by atoms with Gasteiger partial charge in [-0.1, -0.05) is 12.1 Å². The highest BCUT2D eigenvalue weighted by Gasteiger charge is 2.42. The third-order valence-corrected chi connectivity index (χ3v) is 5.92. The molecular formula is C21H29N5O2. The SMILES string of the molecule is CN=C(NCc1cccc(C(=O)NC2CC2)c1)N1CCCC2(CNC(=O)C2)C1. The van der Waals surface area contributed by atoms with Crippen LogP contribution in [0, 0.1) is 5.41 Å². The zero-order valence-corrected chi connectivity index (χ0v) is 16.5. The Kier molecular flexibility index (Phi) is 5.24. The molecule has 0 bridgehead atoms. The number of guanidine groups is 1. The first-order valence-electron chi connectivity index (χ1n) is 10.2. The van der Waals surface area contributed by atoms with Crippen molar-refractivity contribution in [2.24, 2.45) is 10.4 Å². The van der Waals surface area contributed by atoms with Crippen LogP contribution in [0.2, 0.25) is 0 Å². The first-order valence-corrected chi connectivity index (χ1v) is 10.2. The molecule has 3 fully saturated rings. The topological polar surface area (TPSA) is 85.8 Å². The fraction of sp³-hybridized carbons (Fsp3) is 0.571. The molecule has 3 N–H and O–H groups in total. The minimum absolute atomic E-state index is 0.00473. The number of benzene rings is 1. The van der Waals surface area contributed by atoms with E-state index in [9.17, 15) is 9.59 Å². The number of nitrogens with one attached hydrogen (secondary N) is 3. The first kappa shape index (κ1) is 18.8. The maximum absolute atomic E-state index is 12.3. The van der Waals surface area contributed by atoms with Gasteiger partial charge in [-0.15, -0.1) is 0 Å². The second-order valence-corrected chi connectivity index (χ2v) is 8.33.